The third-order valence-electron chi connectivity index (χ3n) is 1.62. The van der Waals surface area contributed by atoms with Crippen LogP contribution in [0, 0.1) is 5.92 Å². The summed E-state index contributed by atoms with van der Waals surface area (Å²) in [4.78, 5) is 4.19. The SMILES string of the molecule is CC(N)=NCC1CCSC1. The van der Waals surface area contributed by atoms with Crippen molar-refractivity contribution in [3.05, 3.63) is 0 Å². The van der Waals surface area contributed by atoms with Crippen LogP contribution in [0.25, 0.3) is 0 Å². The Kier molecular flexibility index (Phi) is 3.06. The molecule has 1 atom stereocenters. The molecule has 2 nitrogen and oxygen atoms in total. The first-order valence-corrected chi connectivity index (χ1v) is 4.79. The van der Waals surface area contributed by atoms with Gasteiger partial charge in [-0.05, 0) is 30.8 Å². The van der Waals surface area contributed by atoms with E-state index in [-0.39, 0.29) is 0 Å². The first-order chi connectivity index (χ1) is 4.79. The van der Waals surface area contributed by atoms with E-state index in [9.17, 15) is 0 Å². The van der Waals surface area contributed by atoms with Crippen LogP contribution in [0.1, 0.15) is 13.3 Å². The maximum Gasteiger partial charge on any atom is 0.0905 e. The quantitative estimate of drug-likeness (QED) is 0.483. The maximum absolute atomic E-state index is 5.41. The van der Waals surface area contributed by atoms with Gasteiger partial charge < -0.3 is 5.73 Å². The van der Waals surface area contributed by atoms with Crippen molar-refractivity contribution in [3.8, 4) is 0 Å². The number of hydrogen-bond donors (Lipinski definition) is 1. The highest BCUT2D eigenvalue weighted by atomic mass is 32.2. The molecule has 0 saturated carbocycles. The van der Waals surface area contributed by atoms with E-state index in [2.05, 4.69) is 4.99 Å². The molecule has 1 saturated heterocycles. The van der Waals surface area contributed by atoms with Gasteiger partial charge in [0.2, 0.25) is 0 Å². The average Bonchev–Trinajstić information content (AvgIpc) is 2.34. The van der Waals surface area contributed by atoms with Crippen molar-refractivity contribution in [2.45, 2.75) is 13.3 Å². The minimum atomic E-state index is 0.719. The van der Waals surface area contributed by atoms with Crippen molar-refractivity contribution in [2.75, 3.05) is 18.1 Å². The van der Waals surface area contributed by atoms with E-state index in [0.29, 0.717) is 0 Å². The molecule has 1 aliphatic rings. The number of thioether (sulfide) groups is 1. The zero-order valence-corrected chi connectivity index (χ0v) is 7.16. The number of hydrogen-bond acceptors (Lipinski definition) is 2. The summed E-state index contributed by atoms with van der Waals surface area (Å²) < 4.78 is 0. The fraction of sp³-hybridized carbons (Fsp3) is 0.857. The van der Waals surface area contributed by atoms with Crippen LogP contribution in [0.2, 0.25) is 0 Å². The lowest BCUT2D eigenvalue weighted by Gasteiger charge is -2.02. The van der Waals surface area contributed by atoms with Gasteiger partial charge in [-0.3, -0.25) is 4.99 Å². The molecule has 1 fully saturated rings. The van der Waals surface area contributed by atoms with E-state index in [1.807, 2.05) is 18.7 Å². The summed E-state index contributed by atoms with van der Waals surface area (Å²) in [5.74, 6) is 4.10. The lowest BCUT2D eigenvalue weighted by Crippen LogP contribution is -2.10. The molecule has 0 radical (unpaired) electrons. The van der Waals surface area contributed by atoms with Gasteiger partial charge in [-0.1, -0.05) is 0 Å². The first kappa shape index (κ1) is 7.92. The van der Waals surface area contributed by atoms with E-state index in [1.165, 1.54) is 17.9 Å². The van der Waals surface area contributed by atoms with Gasteiger partial charge in [0, 0.05) is 6.54 Å². The van der Waals surface area contributed by atoms with E-state index >= 15 is 0 Å². The van der Waals surface area contributed by atoms with Crippen LogP contribution >= 0.6 is 11.8 Å². The molecule has 1 heterocycles. The van der Waals surface area contributed by atoms with Gasteiger partial charge in [0.25, 0.3) is 0 Å². The van der Waals surface area contributed by atoms with E-state index in [4.69, 9.17) is 5.73 Å². The zero-order chi connectivity index (χ0) is 7.40. The van der Waals surface area contributed by atoms with Gasteiger partial charge in [-0.25, -0.2) is 0 Å². The summed E-state index contributed by atoms with van der Waals surface area (Å²) in [6.07, 6.45) is 1.32. The number of nitrogens with two attached hydrogens (primary N) is 1. The van der Waals surface area contributed by atoms with E-state index < -0.39 is 0 Å². The highest BCUT2D eigenvalue weighted by Gasteiger charge is 2.13. The van der Waals surface area contributed by atoms with Crippen LogP contribution in [-0.4, -0.2) is 23.9 Å². The Hall–Kier alpha value is -0.180. The molecule has 0 aromatic heterocycles. The van der Waals surface area contributed by atoms with Crippen LogP contribution in [-0.2, 0) is 0 Å². The minimum absolute atomic E-state index is 0.719. The van der Waals surface area contributed by atoms with Gasteiger partial charge in [0.1, 0.15) is 0 Å². The van der Waals surface area contributed by atoms with Crippen molar-refractivity contribution in [1.82, 2.24) is 0 Å². The number of rotatable bonds is 2. The molecule has 0 bridgehead atoms. The number of aliphatic imine (C=N–C) groups is 1. The third-order valence-corrected chi connectivity index (χ3v) is 2.85. The minimum Gasteiger partial charge on any atom is -0.388 e. The van der Waals surface area contributed by atoms with Gasteiger partial charge in [-0.2, -0.15) is 11.8 Å². The second kappa shape index (κ2) is 3.86. The molecule has 1 unspecified atom stereocenters. The van der Waals surface area contributed by atoms with Gasteiger partial charge in [0.05, 0.1) is 5.84 Å². The molecule has 58 valence electrons. The molecular formula is C7H14N2S. The van der Waals surface area contributed by atoms with E-state index in [0.717, 1.165) is 18.3 Å². The van der Waals surface area contributed by atoms with Crippen LogP contribution in [0.3, 0.4) is 0 Å². The Morgan fingerprint density at radius 2 is 2.60 bits per heavy atom. The van der Waals surface area contributed by atoms with E-state index in [1.54, 1.807) is 0 Å². The smallest absolute Gasteiger partial charge is 0.0905 e. The summed E-state index contributed by atoms with van der Waals surface area (Å²) in [5.41, 5.74) is 5.41. The molecule has 1 rings (SSSR count). The standard InChI is InChI=1S/C7H14N2S/c1-6(8)9-4-7-2-3-10-5-7/h7H,2-5H2,1H3,(H2,8,9). The van der Waals surface area contributed by atoms with Crippen molar-refractivity contribution in [2.24, 2.45) is 16.6 Å². The number of amidine groups is 1. The molecule has 3 heteroatoms. The fourth-order valence-electron chi connectivity index (χ4n) is 1.00. The summed E-state index contributed by atoms with van der Waals surface area (Å²) in [7, 11) is 0. The second-order valence-corrected chi connectivity index (χ2v) is 3.86. The van der Waals surface area contributed by atoms with Crippen LogP contribution in [0.5, 0.6) is 0 Å². The molecule has 10 heavy (non-hydrogen) atoms. The number of nitrogens with zero attached hydrogens (tertiary/aromatic N) is 1. The Labute approximate surface area is 66.3 Å². The predicted octanol–water partition coefficient (Wildman–Crippen LogP) is 1.12. The third kappa shape index (κ3) is 2.60. The Morgan fingerprint density at radius 1 is 1.80 bits per heavy atom. The summed E-state index contributed by atoms with van der Waals surface area (Å²) in [6, 6.07) is 0. The van der Waals surface area contributed by atoms with Crippen molar-refractivity contribution in [1.29, 1.82) is 0 Å². The highest BCUT2D eigenvalue weighted by molar-refractivity contribution is 7.99. The van der Waals surface area contributed by atoms with Gasteiger partial charge >= 0.3 is 0 Å². The lowest BCUT2D eigenvalue weighted by atomic mass is 10.1. The Morgan fingerprint density at radius 3 is 3.10 bits per heavy atom. The van der Waals surface area contributed by atoms with Crippen molar-refractivity contribution < 1.29 is 0 Å². The first-order valence-electron chi connectivity index (χ1n) is 3.63. The molecule has 2 N–H and O–H groups in total. The van der Waals surface area contributed by atoms with Gasteiger partial charge in [0.15, 0.2) is 0 Å². The molecule has 0 spiro atoms. The van der Waals surface area contributed by atoms with Crippen molar-refractivity contribution in [3.63, 3.8) is 0 Å². The van der Waals surface area contributed by atoms with Crippen molar-refractivity contribution >= 4 is 17.6 Å². The summed E-state index contributed by atoms with van der Waals surface area (Å²) in [6.45, 7) is 2.79. The largest absolute Gasteiger partial charge is 0.388 e. The topological polar surface area (TPSA) is 38.4 Å². The normalized spacial score (nSPS) is 27.3. The van der Waals surface area contributed by atoms with Crippen LogP contribution < -0.4 is 5.73 Å². The summed E-state index contributed by atoms with van der Waals surface area (Å²) >= 11 is 2.02. The molecule has 0 amide bonds. The Balaban J connectivity index is 2.18. The average molecular weight is 158 g/mol. The monoisotopic (exact) mass is 158 g/mol. The van der Waals surface area contributed by atoms with Gasteiger partial charge in [-0.15, -0.1) is 0 Å². The van der Waals surface area contributed by atoms with Crippen LogP contribution in [0.4, 0.5) is 0 Å². The van der Waals surface area contributed by atoms with Crippen LogP contribution in [0.15, 0.2) is 4.99 Å². The maximum atomic E-state index is 5.41. The Bertz CT molecular complexity index is 124. The molecule has 1 aliphatic heterocycles. The molecule has 0 aromatic rings. The summed E-state index contributed by atoms with van der Waals surface area (Å²) in [5, 5.41) is 0. The fourth-order valence-corrected chi connectivity index (χ4v) is 2.27. The predicted molar refractivity (Wildman–Crippen MR) is 47.6 cm³/mol. The molecule has 0 aliphatic carbocycles. The molecule has 0 aromatic carbocycles. The molecular weight excluding hydrogens is 144 g/mol. The highest BCUT2D eigenvalue weighted by Crippen LogP contribution is 2.23. The lowest BCUT2D eigenvalue weighted by molar-refractivity contribution is 0.612. The second-order valence-electron chi connectivity index (χ2n) is 2.71. The zero-order valence-electron chi connectivity index (χ0n) is 6.34.